The average Bonchev–Trinajstić information content (AvgIpc) is 0.798. The number of aromatic amines is 3. The van der Waals surface area contributed by atoms with E-state index in [1.807, 2.05) is 126 Å². The molecule has 127 heavy (non-hydrogen) atoms. The van der Waals surface area contributed by atoms with Crippen molar-refractivity contribution in [1.29, 1.82) is 0 Å². The molecule has 0 fully saturated rings. The van der Waals surface area contributed by atoms with Crippen LogP contribution in [0.15, 0.2) is 221 Å². The zero-order valence-electron chi connectivity index (χ0n) is 71.1. The van der Waals surface area contributed by atoms with Crippen molar-refractivity contribution in [3.63, 3.8) is 0 Å². The first-order valence-electron chi connectivity index (χ1n) is 41.6. The maximum atomic E-state index is 14.6. The number of rotatable bonds is 15. The van der Waals surface area contributed by atoms with Crippen molar-refractivity contribution in [3.8, 4) is 0 Å². The first kappa shape index (κ1) is 89.4. The molecule has 0 aliphatic carbocycles. The number of benzene rings is 9. The van der Waals surface area contributed by atoms with Gasteiger partial charge in [0.05, 0.1) is 39.3 Å². The van der Waals surface area contributed by atoms with E-state index in [0.29, 0.717) is 85.4 Å². The van der Waals surface area contributed by atoms with Crippen molar-refractivity contribution in [2.45, 2.75) is 118 Å². The molecule has 0 radical (unpaired) electrons. The molecule has 12 aromatic rings. The van der Waals surface area contributed by atoms with Crippen LogP contribution in [-0.4, -0.2) is 140 Å². The number of aliphatic carboxylic acids is 2. The third-order valence-corrected chi connectivity index (χ3v) is 22.3. The molecule has 12 bridgehead atoms. The number of carbonyl (C=O) groups excluding carboxylic acids is 7. The van der Waals surface area contributed by atoms with Crippen LogP contribution in [0.5, 0.6) is 0 Å². The summed E-state index contributed by atoms with van der Waals surface area (Å²) in [6.45, 7) is 14.0. The van der Waals surface area contributed by atoms with Crippen molar-refractivity contribution in [2.24, 2.45) is 0 Å². The predicted molar refractivity (Wildman–Crippen MR) is 483 cm³/mol. The van der Waals surface area contributed by atoms with Gasteiger partial charge in [0, 0.05) is 120 Å². The molecule has 4 atom stereocenters. The van der Waals surface area contributed by atoms with E-state index < -0.39 is 66.8 Å². The molecule has 30 heteroatoms. The summed E-state index contributed by atoms with van der Waals surface area (Å²) in [5, 5.41) is 41.1. The highest BCUT2D eigenvalue weighted by molar-refractivity contribution is 5.94. The zero-order chi connectivity index (χ0) is 90.1. The van der Waals surface area contributed by atoms with E-state index >= 15 is 0 Å². The van der Waals surface area contributed by atoms with E-state index in [1.54, 1.807) is 134 Å². The van der Waals surface area contributed by atoms with Crippen LogP contribution in [0.4, 0.5) is 48.5 Å². The van der Waals surface area contributed by atoms with E-state index in [0.717, 1.165) is 71.8 Å². The Morgan fingerprint density at radius 3 is 1.20 bits per heavy atom. The Hall–Kier alpha value is -15.4. The maximum Gasteiger partial charge on any atom is 0.411 e. The lowest BCUT2D eigenvalue weighted by molar-refractivity contribution is -0.145. The van der Waals surface area contributed by atoms with E-state index in [2.05, 4.69) is 46.9 Å². The van der Waals surface area contributed by atoms with Gasteiger partial charge >= 0.3 is 36.2 Å². The molecular formula is C97H98N12O18. The second-order valence-corrected chi connectivity index (χ2v) is 31.5. The molecule has 6 amide bonds. The number of carboxylic acids is 2. The van der Waals surface area contributed by atoms with Gasteiger partial charge in [-0.1, -0.05) is 104 Å². The highest BCUT2D eigenvalue weighted by atomic mass is 16.6. The molecule has 11 N–H and O–H groups in total. The van der Waals surface area contributed by atoms with Gasteiger partial charge in [-0.2, -0.15) is 0 Å². The van der Waals surface area contributed by atoms with Crippen molar-refractivity contribution in [2.75, 3.05) is 78.0 Å². The van der Waals surface area contributed by atoms with Crippen LogP contribution in [0.2, 0.25) is 0 Å². The highest BCUT2D eigenvalue weighted by Gasteiger charge is 2.33. The molecule has 9 heterocycles. The van der Waals surface area contributed by atoms with Gasteiger partial charge in [0.1, 0.15) is 24.7 Å². The van der Waals surface area contributed by atoms with Gasteiger partial charge in [0.2, 0.25) is 11.8 Å². The van der Waals surface area contributed by atoms with Gasteiger partial charge in [-0.05, 0) is 227 Å². The standard InChI is InChI=1S/C34H36N4O6.C32H32N4O6.C31H30N4O6/c1-4-43-30(39)11-14-38-20-23-6-5-7-26(18-23)37-34(42)44-15-12-28-21(2)16-25(17-22(28)3)31(33(38)41)36-27-9-8-24-10-13-35-32(40)29(24)19-27;1-19-14-23-15-20(2)26(19)10-13-42-32(41)35-24-5-3-4-21(16-24)18-36(12-9-28(37)38)31(40)29(23)34-25-7-6-22-8-11-33-30(39)27(22)17-25;1-18-12-22-7-9-25(18)19(2)17-41-31(40)34-23-5-3-4-20(13-23)15-35(16-27(36)37)30(39)28(22)33-24-8-6-21-10-11-32-29(38)26(21)14-24/h5-10,13,16-19,31,36H,4,11-12,14-15,20H2,1-3H3,(H,35,40)(H,37,42);3-8,11,14-17,29,34H,9-10,12-13,18H2,1-2H3,(H,33,39)(H,35,41)(H,37,38);3-14,19,28,33H,15-17H2,1-2H3,(H,32,38)(H,34,40)(H,36,37)/t;;19-,28+/m..0/s1. The molecule has 6 aliphatic rings. The summed E-state index contributed by atoms with van der Waals surface area (Å²) in [6.07, 6.45) is 3.79. The number of carboxylic acid groups (broad SMARTS) is 2. The number of nitrogens with one attached hydrogen (secondary N) is 9. The zero-order valence-corrected chi connectivity index (χ0v) is 71.1. The number of aryl methyl sites for hydroxylation is 5. The fourth-order valence-electron chi connectivity index (χ4n) is 16.1. The highest BCUT2D eigenvalue weighted by Crippen LogP contribution is 2.35. The lowest BCUT2D eigenvalue weighted by atomic mass is 9.92. The SMILES string of the molecule is CCOC(=O)CCN1Cc2cccc(c2)NC(=O)OCCc2c(C)cc(cc2C)C(Nc2ccc3cc[nH]c(=O)c3c2)C1=O.Cc1cc2cc(C)c1CCOC(=O)Nc1cccc(c1)CN(CCC(=O)O)C(=O)C2Nc1ccc2cc[nH]c(=O)c2c1.Cc1cc2ccc1[C@@H](C)COC(=O)Nc1cccc(c1)CN(CC(=O)O)C(=O)[C@@H]2Nc1ccc2cc[nH]c(=O)c2c1. The van der Waals surface area contributed by atoms with Crippen LogP contribution < -0.4 is 48.6 Å². The predicted octanol–water partition coefficient (Wildman–Crippen LogP) is 15.1. The number of pyridine rings is 3. The minimum atomic E-state index is -1.16. The number of fused-ring (bicyclic) bond motifs is 30. The Morgan fingerprint density at radius 1 is 0.425 bits per heavy atom. The van der Waals surface area contributed by atoms with Gasteiger partial charge in [-0.3, -0.25) is 59.1 Å². The molecule has 2 unspecified atom stereocenters. The molecule has 0 saturated heterocycles. The van der Waals surface area contributed by atoms with Crippen molar-refractivity contribution >= 4 is 120 Å². The third-order valence-electron chi connectivity index (χ3n) is 22.3. The first-order valence-corrected chi connectivity index (χ1v) is 41.6. The Kier molecular flexibility index (Phi) is 28.7. The molecule has 654 valence electrons. The molecule has 0 saturated carbocycles. The third kappa shape index (κ3) is 22.9. The molecule has 0 spiro atoms. The molecular weight excluding hydrogens is 1620 g/mol. The largest absolute Gasteiger partial charge is 0.481 e. The van der Waals surface area contributed by atoms with Crippen LogP contribution >= 0.6 is 0 Å². The van der Waals surface area contributed by atoms with Gasteiger partial charge in [-0.25, -0.2) is 14.4 Å². The topological polar surface area (TPSA) is 411 Å². The summed E-state index contributed by atoms with van der Waals surface area (Å²) in [5.74, 6) is -3.75. The van der Waals surface area contributed by atoms with E-state index in [1.165, 1.54) is 9.80 Å². The van der Waals surface area contributed by atoms with E-state index in [9.17, 15) is 67.7 Å². The summed E-state index contributed by atoms with van der Waals surface area (Å²) in [6, 6.07) is 53.1. The van der Waals surface area contributed by atoms with Gasteiger partial charge in [-0.15, -0.1) is 0 Å². The number of aromatic nitrogens is 3. The monoisotopic (exact) mass is 1720 g/mol. The summed E-state index contributed by atoms with van der Waals surface area (Å²) in [4.78, 5) is 166. The van der Waals surface area contributed by atoms with Crippen LogP contribution in [0.1, 0.15) is 129 Å². The van der Waals surface area contributed by atoms with Crippen molar-refractivity contribution < 1.29 is 72.3 Å². The Morgan fingerprint density at radius 2 is 0.803 bits per heavy atom. The fourth-order valence-corrected chi connectivity index (χ4v) is 16.1. The number of ether oxygens (including phenoxy) is 4. The second kappa shape index (κ2) is 40.8. The molecule has 6 aliphatic heterocycles. The quantitative estimate of drug-likeness (QED) is 0.0335. The normalized spacial score (nSPS) is 16.3. The number of carbonyl (C=O) groups is 9. The Labute approximate surface area is 730 Å². The van der Waals surface area contributed by atoms with E-state index in [4.69, 9.17) is 18.9 Å². The van der Waals surface area contributed by atoms with Crippen molar-refractivity contribution in [3.05, 3.63) is 316 Å². The Balaban J connectivity index is 0.000000163. The molecule has 9 aromatic carbocycles. The summed E-state index contributed by atoms with van der Waals surface area (Å²) in [7, 11) is 0. The van der Waals surface area contributed by atoms with Crippen LogP contribution in [0.3, 0.4) is 0 Å². The lowest BCUT2D eigenvalue weighted by Gasteiger charge is -2.30. The number of anilines is 6. The van der Waals surface area contributed by atoms with E-state index in [-0.39, 0.29) is 106 Å². The first-order chi connectivity index (χ1) is 61.1. The molecule has 18 rings (SSSR count). The summed E-state index contributed by atoms with van der Waals surface area (Å²) >= 11 is 0. The minimum absolute atomic E-state index is 0.0128. The van der Waals surface area contributed by atoms with Gasteiger partial charge < -0.3 is 74.8 Å². The number of H-pyrrole nitrogens is 3. The fraction of sp³-hybridized carbons (Fsp3) is 0.258. The number of amides is 6. The second-order valence-electron chi connectivity index (χ2n) is 31.5. The van der Waals surface area contributed by atoms with Crippen molar-refractivity contribution in [1.82, 2.24) is 29.7 Å². The lowest BCUT2D eigenvalue weighted by Crippen LogP contribution is -2.40. The van der Waals surface area contributed by atoms with Crippen LogP contribution in [0.25, 0.3) is 32.3 Å². The Bertz CT molecular complexity index is 6360. The average molecular weight is 1720 g/mol. The number of esters is 1. The molecule has 30 nitrogen and oxygen atoms in total. The number of hydrogen-bond donors (Lipinski definition) is 11. The summed E-state index contributed by atoms with van der Waals surface area (Å²) in [5.41, 5.74) is 14.2. The smallest absolute Gasteiger partial charge is 0.411 e. The van der Waals surface area contributed by atoms with Crippen LogP contribution in [-0.2, 0) is 80.2 Å². The minimum Gasteiger partial charge on any atom is -0.481 e. The maximum absolute atomic E-state index is 14.6. The van der Waals surface area contributed by atoms with Gasteiger partial charge in [0.15, 0.2) is 0 Å². The molecule has 3 aromatic heterocycles. The number of hydrogen-bond acceptors (Lipinski definition) is 19. The van der Waals surface area contributed by atoms with Crippen LogP contribution in [0, 0.1) is 34.6 Å². The number of nitrogens with zero attached hydrogens (tertiary/aromatic N) is 3. The summed E-state index contributed by atoms with van der Waals surface area (Å²) < 4.78 is 21.5. The van der Waals surface area contributed by atoms with Gasteiger partial charge in [0.25, 0.3) is 22.6 Å².